The molecule has 8 nitrogen and oxygen atoms in total. The van der Waals surface area contributed by atoms with Gasteiger partial charge < -0.3 is 19.4 Å². The third-order valence-electron chi connectivity index (χ3n) is 6.93. The van der Waals surface area contributed by atoms with Crippen molar-refractivity contribution < 1.29 is 9.53 Å². The highest BCUT2D eigenvalue weighted by Gasteiger charge is 2.33. The Morgan fingerprint density at radius 1 is 1.25 bits per heavy atom. The van der Waals surface area contributed by atoms with Crippen molar-refractivity contribution in [3.8, 4) is 12.1 Å². The van der Waals surface area contributed by atoms with Crippen molar-refractivity contribution in [1.82, 2.24) is 14.9 Å². The Labute approximate surface area is 215 Å². The van der Waals surface area contributed by atoms with E-state index in [-0.39, 0.29) is 18.4 Å². The van der Waals surface area contributed by atoms with Gasteiger partial charge in [0.25, 0.3) is 0 Å². The Bertz CT molecular complexity index is 1370. The first kappa shape index (κ1) is 23.9. The second-order valence-electron chi connectivity index (χ2n) is 8.97. The summed E-state index contributed by atoms with van der Waals surface area (Å²) >= 11 is 6.32. The smallest absolute Gasteiger partial charge is 0.318 e. The number of nitrogens with zero attached hydrogens (tertiary/aromatic N) is 6. The number of hydrogen-bond acceptors (Lipinski definition) is 7. The van der Waals surface area contributed by atoms with Crippen LogP contribution in [-0.2, 0) is 17.8 Å². The zero-order valence-corrected chi connectivity index (χ0v) is 20.9. The third-order valence-corrected chi connectivity index (χ3v) is 7.17. The van der Waals surface area contributed by atoms with E-state index in [4.69, 9.17) is 26.3 Å². The number of rotatable bonds is 5. The molecule has 9 heteroatoms. The maximum Gasteiger partial charge on any atom is 0.318 e. The van der Waals surface area contributed by atoms with Crippen molar-refractivity contribution in [3.05, 3.63) is 65.3 Å². The molecule has 1 unspecified atom stereocenters. The number of carbonyl (C=O) groups is 1. The fourth-order valence-electron chi connectivity index (χ4n) is 5.19. The Kier molecular flexibility index (Phi) is 6.66. The van der Waals surface area contributed by atoms with Crippen LogP contribution in [0.4, 0.5) is 11.5 Å². The highest BCUT2D eigenvalue weighted by atomic mass is 35.5. The molecular formula is C27H27ClN6O2. The number of hydrogen-bond donors (Lipinski definition) is 0. The van der Waals surface area contributed by atoms with Gasteiger partial charge in [0.05, 0.1) is 37.9 Å². The lowest BCUT2D eigenvalue weighted by Gasteiger charge is -2.42. The maximum absolute atomic E-state index is 12.3. The first-order valence-electron chi connectivity index (χ1n) is 11.9. The van der Waals surface area contributed by atoms with E-state index in [1.54, 1.807) is 12.0 Å². The van der Waals surface area contributed by atoms with Gasteiger partial charge in [0.15, 0.2) is 0 Å². The van der Waals surface area contributed by atoms with Crippen LogP contribution in [-0.4, -0.2) is 60.1 Å². The van der Waals surface area contributed by atoms with Gasteiger partial charge in [0.2, 0.25) is 5.91 Å². The van der Waals surface area contributed by atoms with E-state index in [1.165, 1.54) is 6.08 Å². The van der Waals surface area contributed by atoms with Gasteiger partial charge in [-0.1, -0.05) is 36.4 Å². The first-order valence-corrected chi connectivity index (χ1v) is 12.3. The van der Waals surface area contributed by atoms with E-state index < -0.39 is 0 Å². The lowest BCUT2D eigenvalue weighted by molar-refractivity contribution is -0.128. The number of piperazine rings is 1. The molecule has 2 aliphatic rings. The van der Waals surface area contributed by atoms with Gasteiger partial charge in [-0.2, -0.15) is 15.2 Å². The molecular weight excluding hydrogens is 476 g/mol. The molecule has 0 saturated carbocycles. The second-order valence-corrected chi connectivity index (χ2v) is 9.41. The summed E-state index contributed by atoms with van der Waals surface area (Å²) in [6.45, 7) is 6.66. The molecule has 0 bridgehead atoms. The molecule has 0 N–H and O–H groups in total. The van der Waals surface area contributed by atoms with Gasteiger partial charge in [0.1, 0.15) is 5.82 Å². The molecule has 1 fully saturated rings. The van der Waals surface area contributed by atoms with Crippen LogP contribution in [0, 0.1) is 11.3 Å². The summed E-state index contributed by atoms with van der Waals surface area (Å²) in [6.07, 6.45) is 2.32. The number of methoxy groups -OCH3 is 1. The number of fused-ring (bicyclic) bond motifs is 2. The number of anilines is 2. The Morgan fingerprint density at radius 3 is 2.89 bits per heavy atom. The molecule has 36 heavy (non-hydrogen) atoms. The number of ether oxygens (including phenoxy) is 1. The lowest BCUT2D eigenvalue weighted by atomic mass is 10.0. The number of amides is 1. The topological polar surface area (TPSA) is 85.6 Å². The Morgan fingerprint density at radius 2 is 2.11 bits per heavy atom. The lowest BCUT2D eigenvalue weighted by Crippen LogP contribution is -2.55. The van der Waals surface area contributed by atoms with Crippen LogP contribution in [0.15, 0.2) is 49.1 Å². The number of aromatic nitrogens is 2. The molecule has 2 aromatic carbocycles. The maximum atomic E-state index is 12.3. The van der Waals surface area contributed by atoms with Gasteiger partial charge in [0, 0.05) is 47.8 Å². The molecule has 0 spiro atoms. The Hall–Kier alpha value is -3.83. The van der Waals surface area contributed by atoms with Crippen molar-refractivity contribution >= 4 is 39.8 Å². The third kappa shape index (κ3) is 4.42. The fourth-order valence-corrected chi connectivity index (χ4v) is 5.36. The number of halogens is 1. The van der Waals surface area contributed by atoms with Crippen LogP contribution in [0.5, 0.6) is 6.01 Å². The predicted molar refractivity (Wildman–Crippen MR) is 140 cm³/mol. The normalized spacial score (nSPS) is 17.5. The second kappa shape index (κ2) is 10.0. The van der Waals surface area contributed by atoms with E-state index in [0.717, 1.165) is 46.5 Å². The fraction of sp³-hybridized carbons (Fsp3) is 0.333. The first-order chi connectivity index (χ1) is 17.5. The van der Waals surface area contributed by atoms with E-state index >= 15 is 0 Å². The van der Waals surface area contributed by atoms with Gasteiger partial charge in [-0.15, -0.1) is 0 Å². The van der Waals surface area contributed by atoms with Crippen LogP contribution < -0.4 is 14.5 Å². The molecule has 184 valence electrons. The van der Waals surface area contributed by atoms with Crippen molar-refractivity contribution in [2.75, 3.05) is 43.1 Å². The van der Waals surface area contributed by atoms with Gasteiger partial charge >= 0.3 is 6.01 Å². The summed E-state index contributed by atoms with van der Waals surface area (Å²) in [5.41, 5.74) is 3.12. The van der Waals surface area contributed by atoms with Gasteiger partial charge in [-0.25, -0.2) is 0 Å². The zero-order valence-electron chi connectivity index (χ0n) is 20.2. The van der Waals surface area contributed by atoms with E-state index in [1.807, 2.05) is 18.2 Å². The van der Waals surface area contributed by atoms with E-state index in [2.05, 4.69) is 40.6 Å². The van der Waals surface area contributed by atoms with Crippen molar-refractivity contribution in [2.24, 2.45) is 0 Å². The van der Waals surface area contributed by atoms with Crippen LogP contribution in [0.25, 0.3) is 10.8 Å². The van der Waals surface area contributed by atoms with Crippen LogP contribution in [0.1, 0.15) is 17.7 Å². The minimum absolute atomic E-state index is 0.150. The average molecular weight is 503 g/mol. The molecule has 5 rings (SSSR count). The largest absolute Gasteiger partial charge is 0.467 e. The molecule has 0 aliphatic carbocycles. The molecule has 0 radical (unpaired) electrons. The molecule has 3 heterocycles. The van der Waals surface area contributed by atoms with Crippen molar-refractivity contribution in [2.45, 2.75) is 25.4 Å². The number of carbonyl (C=O) groups excluding carboxylic acids is 1. The van der Waals surface area contributed by atoms with Gasteiger partial charge in [-0.05, 0) is 36.1 Å². The standard InChI is InChI=1S/C27H27ClN6O2/c1-3-25(35)34-14-13-33(16-20(34)9-11-29)26-21-10-12-32(17-23(21)30-27(31-26)36-2)24-6-4-5-18-7-8-19(28)15-22(18)24/h3-8,15,20H,1,9-10,12-14,16-17H2,2H3. The van der Waals surface area contributed by atoms with Gasteiger partial charge in [-0.3, -0.25) is 4.79 Å². The molecule has 1 saturated heterocycles. The SMILES string of the molecule is C=CC(=O)N1CCN(c2nc(OC)nc3c2CCN(c2cccc4ccc(Cl)cc24)C3)CC1CC#N. The minimum Gasteiger partial charge on any atom is -0.467 e. The number of nitriles is 1. The minimum atomic E-state index is -0.230. The molecule has 1 atom stereocenters. The van der Waals surface area contributed by atoms with Crippen LogP contribution in [0.3, 0.4) is 0 Å². The highest BCUT2D eigenvalue weighted by Crippen LogP contribution is 2.35. The molecule has 2 aliphatic heterocycles. The summed E-state index contributed by atoms with van der Waals surface area (Å²) in [5, 5.41) is 12.3. The predicted octanol–water partition coefficient (Wildman–Crippen LogP) is 3.97. The van der Waals surface area contributed by atoms with Crippen LogP contribution in [0.2, 0.25) is 5.02 Å². The number of benzene rings is 2. The summed E-state index contributed by atoms with van der Waals surface area (Å²) in [6, 6.07) is 14.5. The quantitative estimate of drug-likeness (QED) is 0.488. The molecule has 3 aromatic rings. The van der Waals surface area contributed by atoms with E-state index in [9.17, 15) is 10.1 Å². The van der Waals surface area contributed by atoms with Crippen LogP contribution >= 0.6 is 11.6 Å². The Balaban J connectivity index is 1.48. The zero-order chi connectivity index (χ0) is 25.2. The summed E-state index contributed by atoms with van der Waals surface area (Å²) in [5.74, 6) is 0.675. The summed E-state index contributed by atoms with van der Waals surface area (Å²) in [7, 11) is 1.57. The molecule has 1 amide bonds. The highest BCUT2D eigenvalue weighted by molar-refractivity contribution is 6.31. The van der Waals surface area contributed by atoms with E-state index in [0.29, 0.717) is 37.2 Å². The average Bonchev–Trinajstić information content (AvgIpc) is 2.91. The monoisotopic (exact) mass is 502 g/mol. The van der Waals surface area contributed by atoms with Crippen molar-refractivity contribution in [1.29, 1.82) is 5.26 Å². The summed E-state index contributed by atoms with van der Waals surface area (Å²) in [4.78, 5) is 28.0. The van der Waals surface area contributed by atoms with Crippen molar-refractivity contribution in [3.63, 3.8) is 0 Å². The molecule has 1 aromatic heterocycles. The summed E-state index contributed by atoms with van der Waals surface area (Å²) < 4.78 is 5.47.